The molecule has 32 heavy (non-hydrogen) atoms. The summed E-state index contributed by atoms with van der Waals surface area (Å²) in [6.07, 6.45) is 4.71. The zero-order valence-corrected chi connectivity index (χ0v) is 20.3. The van der Waals surface area contributed by atoms with E-state index in [0.717, 1.165) is 58.4 Å². The molecule has 3 amide bonds. The maximum Gasteiger partial charge on any atom is 0.407 e. The van der Waals surface area contributed by atoms with Crippen LogP contribution in [0.3, 0.4) is 0 Å². The summed E-state index contributed by atoms with van der Waals surface area (Å²) in [4.78, 5) is 35.2. The Labute approximate surface area is 193 Å². The summed E-state index contributed by atoms with van der Waals surface area (Å²) in [6, 6.07) is -0.352. The van der Waals surface area contributed by atoms with Crippen LogP contribution in [0.1, 0.15) is 72.1 Å². The minimum atomic E-state index is -0.620. The van der Waals surface area contributed by atoms with Crippen molar-refractivity contribution in [2.24, 2.45) is 11.5 Å². The van der Waals surface area contributed by atoms with Crippen LogP contribution in [0.5, 0.6) is 0 Å². The lowest BCUT2D eigenvalue weighted by Crippen LogP contribution is -2.40. The number of nitrogens with two attached hydrogens (primary N) is 2. The highest BCUT2D eigenvalue weighted by Crippen LogP contribution is 2.10. The molecule has 8 N–H and O–H groups in total. The second kappa shape index (κ2) is 18.6. The summed E-state index contributed by atoms with van der Waals surface area (Å²) >= 11 is 0. The van der Waals surface area contributed by atoms with Crippen molar-refractivity contribution in [3.8, 4) is 0 Å². The van der Waals surface area contributed by atoms with Crippen molar-refractivity contribution in [1.82, 2.24) is 21.3 Å². The number of hydrogen-bond donors (Lipinski definition) is 6. The molecule has 0 saturated heterocycles. The number of rotatable bonds is 19. The highest BCUT2D eigenvalue weighted by molar-refractivity contribution is 5.76. The maximum atomic E-state index is 12.1. The van der Waals surface area contributed by atoms with Gasteiger partial charge in [0.15, 0.2) is 0 Å². The fourth-order valence-corrected chi connectivity index (χ4v) is 2.89. The van der Waals surface area contributed by atoms with Gasteiger partial charge in [-0.1, -0.05) is 0 Å². The number of ether oxygens (including phenoxy) is 1. The topological polar surface area (TPSA) is 161 Å². The van der Waals surface area contributed by atoms with Crippen molar-refractivity contribution >= 4 is 17.9 Å². The van der Waals surface area contributed by atoms with Gasteiger partial charge in [0.25, 0.3) is 0 Å². The molecule has 0 rings (SSSR count). The molecule has 0 aliphatic heterocycles. The van der Waals surface area contributed by atoms with Gasteiger partial charge in [0.05, 0.1) is 0 Å². The van der Waals surface area contributed by atoms with E-state index in [-0.39, 0.29) is 24.8 Å². The lowest BCUT2D eigenvalue weighted by molar-refractivity contribution is -0.121. The first-order chi connectivity index (χ1) is 15.1. The lowest BCUT2D eigenvalue weighted by Gasteiger charge is -2.23. The number of carbonyl (C=O) groups is 3. The van der Waals surface area contributed by atoms with E-state index in [9.17, 15) is 14.4 Å². The SMILES string of the molecule is CC(C)(C)OC(=O)NC(CCC(N)=O)CCC(=O)NCCCNCCCCNCCCN. The van der Waals surface area contributed by atoms with Crippen molar-refractivity contribution in [1.29, 1.82) is 0 Å². The number of alkyl carbamates (subject to hydrolysis) is 1. The van der Waals surface area contributed by atoms with Gasteiger partial charge in [-0.2, -0.15) is 0 Å². The first-order valence-corrected chi connectivity index (χ1v) is 11.8. The number of primary amides is 1. The van der Waals surface area contributed by atoms with E-state index in [2.05, 4.69) is 21.3 Å². The van der Waals surface area contributed by atoms with Gasteiger partial charge >= 0.3 is 6.09 Å². The quantitative estimate of drug-likeness (QED) is 0.156. The van der Waals surface area contributed by atoms with Crippen molar-refractivity contribution < 1.29 is 19.1 Å². The van der Waals surface area contributed by atoms with E-state index in [1.165, 1.54) is 0 Å². The molecule has 10 nitrogen and oxygen atoms in total. The Balaban J connectivity index is 3.90. The third-order valence-electron chi connectivity index (χ3n) is 4.55. The van der Waals surface area contributed by atoms with Gasteiger partial charge in [-0.3, -0.25) is 9.59 Å². The van der Waals surface area contributed by atoms with Gasteiger partial charge in [-0.25, -0.2) is 4.79 Å². The molecule has 0 aliphatic carbocycles. The van der Waals surface area contributed by atoms with E-state index in [0.29, 0.717) is 19.4 Å². The lowest BCUT2D eigenvalue weighted by atomic mass is 10.1. The van der Waals surface area contributed by atoms with Crippen LogP contribution in [-0.4, -0.2) is 68.8 Å². The Morgan fingerprint density at radius 1 is 0.844 bits per heavy atom. The monoisotopic (exact) mass is 458 g/mol. The molecule has 10 heteroatoms. The van der Waals surface area contributed by atoms with Crippen LogP contribution in [0, 0.1) is 0 Å². The van der Waals surface area contributed by atoms with E-state index in [4.69, 9.17) is 16.2 Å². The molecule has 1 atom stereocenters. The largest absolute Gasteiger partial charge is 0.444 e. The van der Waals surface area contributed by atoms with Crippen LogP contribution in [0.4, 0.5) is 4.79 Å². The molecular formula is C22H46N6O4. The first-order valence-electron chi connectivity index (χ1n) is 11.8. The second-order valence-electron chi connectivity index (χ2n) is 8.94. The van der Waals surface area contributed by atoms with Crippen molar-refractivity contribution in [2.75, 3.05) is 39.3 Å². The number of unbranched alkanes of at least 4 members (excludes halogenated alkanes) is 1. The van der Waals surface area contributed by atoms with Crippen molar-refractivity contribution in [3.05, 3.63) is 0 Å². The zero-order chi connectivity index (χ0) is 24.2. The summed E-state index contributed by atoms with van der Waals surface area (Å²) in [7, 11) is 0. The Hall–Kier alpha value is -1.91. The van der Waals surface area contributed by atoms with Gasteiger partial charge in [0.2, 0.25) is 11.8 Å². The number of amides is 3. The molecule has 0 aromatic rings. The summed E-state index contributed by atoms with van der Waals surface area (Å²) < 4.78 is 5.25. The fourth-order valence-electron chi connectivity index (χ4n) is 2.89. The molecule has 188 valence electrons. The predicted octanol–water partition coefficient (Wildman–Crippen LogP) is 0.740. The summed E-state index contributed by atoms with van der Waals surface area (Å²) in [5, 5.41) is 12.4. The highest BCUT2D eigenvalue weighted by Gasteiger charge is 2.20. The number of carbonyl (C=O) groups excluding carboxylic acids is 3. The van der Waals surface area contributed by atoms with E-state index in [1.807, 2.05) is 0 Å². The maximum absolute atomic E-state index is 12.1. The molecule has 0 radical (unpaired) electrons. The second-order valence-corrected chi connectivity index (χ2v) is 8.94. The van der Waals surface area contributed by atoms with E-state index in [1.54, 1.807) is 20.8 Å². The Morgan fingerprint density at radius 2 is 1.41 bits per heavy atom. The van der Waals surface area contributed by atoms with Gasteiger partial charge in [0.1, 0.15) is 5.60 Å². The van der Waals surface area contributed by atoms with Crippen molar-refractivity contribution in [2.45, 2.75) is 83.8 Å². The van der Waals surface area contributed by atoms with Crippen LogP contribution >= 0.6 is 0 Å². The molecule has 0 aliphatic rings. The standard InChI is InChI=1S/C22H46N6O4/c1-22(2,3)32-21(31)28-18(8-10-19(24)29)9-11-20(30)27-17-7-16-26-14-5-4-13-25-15-6-12-23/h18,25-26H,4-17,23H2,1-3H3,(H2,24,29)(H,27,30)(H,28,31). The van der Waals surface area contributed by atoms with Crippen LogP contribution < -0.4 is 32.7 Å². The third kappa shape index (κ3) is 21.3. The average Bonchev–Trinajstić information content (AvgIpc) is 2.69. The van der Waals surface area contributed by atoms with E-state index >= 15 is 0 Å². The Kier molecular flexibility index (Phi) is 17.5. The third-order valence-corrected chi connectivity index (χ3v) is 4.55. The minimum absolute atomic E-state index is 0.0800. The van der Waals surface area contributed by atoms with Gasteiger partial charge in [-0.05, 0) is 92.0 Å². The van der Waals surface area contributed by atoms with Gasteiger partial charge in [0, 0.05) is 25.4 Å². The normalized spacial score (nSPS) is 12.2. The highest BCUT2D eigenvalue weighted by atomic mass is 16.6. The first kappa shape index (κ1) is 30.1. The van der Waals surface area contributed by atoms with Crippen LogP contribution in [0.15, 0.2) is 0 Å². The molecule has 0 bridgehead atoms. The minimum Gasteiger partial charge on any atom is -0.444 e. The molecule has 1 unspecified atom stereocenters. The summed E-state index contributed by atoms with van der Waals surface area (Å²) in [5.41, 5.74) is 10.0. The predicted molar refractivity (Wildman–Crippen MR) is 127 cm³/mol. The van der Waals surface area contributed by atoms with E-state index < -0.39 is 17.6 Å². The Morgan fingerprint density at radius 3 is 1.97 bits per heavy atom. The summed E-state index contributed by atoms with van der Waals surface area (Å²) in [6.45, 7) is 10.4. The Bertz CT molecular complexity index is 525. The number of nitrogens with one attached hydrogen (secondary N) is 4. The average molecular weight is 459 g/mol. The molecule has 0 aromatic heterocycles. The van der Waals surface area contributed by atoms with Gasteiger partial charge in [-0.15, -0.1) is 0 Å². The molecule has 0 spiro atoms. The zero-order valence-electron chi connectivity index (χ0n) is 20.3. The fraction of sp³-hybridized carbons (Fsp3) is 0.864. The van der Waals surface area contributed by atoms with Crippen LogP contribution in [0.25, 0.3) is 0 Å². The van der Waals surface area contributed by atoms with Crippen LogP contribution in [0.2, 0.25) is 0 Å². The van der Waals surface area contributed by atoms with Crippen molar-refractivity contribution in [3.63, 3.8) is 0 Å². The molecule has 0 aromatic carbocycles. The van der Waals surface area contributed by atoms with Crippen LogP contribution in [-0.2, 0) is 14.3 Å². The molecule has 0 fully saturated rings. The molecular weight excluding hydrogens is 412 g/mol. The summed E-state index contributed by atoms with van der Waals surface area (Å²) in [5.74, 6) is -0.524. The number of hydrogen-bond acceptors (Lipinski definition) is 7. The molecule has 0 saturated carbocycles. The molecule has 0 heterocycles. The smallest absolute Gasteiger partial charge is 0.407 e. The van der Waals surface area contributed by atoms with Gasteiger partial charge < -0.3 is 37.5 Å².